The van der Waals surface area contributed by atoms with E-state index in [1.807, 2.05) is 59.5 Å². The standard InChI is InChI=1S/C26H22N2O3/c29-25(24-16-19-10-4-7-13-23(19)31-24)27-22-12-6-5-11-21(22)26(30)28-15-14-20(17-28)18-8-2-1-3-9-18/h1-13,16,20H,14-15,17H2,(H,27,29). The summed E-state index contributed by atoms with van der Waals surface area (Å²) in [6.07, 6.45) is 0.934. The van der Waals surface area contributed by atoms with Crippen molar-refractivity contribution in [1.82, 2.24) is 4.90 Å². The zero-order valence-corrected chi connectivity index (χ0v) is 17.0. The summed E-state index contributed by atoms with van der Waals surface area (Å²) in [6.45, 7) is 1.37. The topological polar surface area (TPSA) is 62.6 Å². The number of para-hydroxylation sites is 2. The Morgan fingerprint density at radius 1 is 0.903 bits per heavy atom. The van der Waals surface area contributed by atoms with E-state index in [0.29, 0.717) is 35.8 Å². The first-order valence-electron chi connectivity index (χ1n) is 10.4. The van der Waals surface area contributed by atoms with Crippen molar-refractivity contribution >= 4 is 28.5 Å². The molecule has 5 rings (SSSR count). The number of nitrogens with zero attached hydrogens (tertiary/aromatic N) is 1. The molecule has 1 aliphatic heterocycles. The predicted octanol–water partition coefficient (Wildman–Crippen LogP) is 5.31. The molecule has 0 spiro atoms. The number of fused-ring (bicyclic) bond motifs is 1. The summed E-state index contributed by atoms with van der Waals surface area (Å²) in [4.78, 5) is 27.9. The maximum absolute atomic E-state index is 13.3. The largest absolute Gasteiger partial charge is 0.451 e. The molecule has 1 fully saturated rings. The fourth-order valence-electron chi connectivity index (χ4n) is 4.17. The molecule has 2 amide bonds. The van der Waals surface area contributed by atoms with Crippen LogP contribution < -0.4 is 5.32 Å². The summed E-state index contributed by atoms with van der Waals surface area (Å²) in [6, 6.07) is 26.6. The number of amides is 2. The average Bonchev–Trinajstić information content (AvgIpc) is 3.47. The lowest BCUT2D eigenvalue weighted by Gasteiger charge is -2.19. The molecule has 1 aromatic heterocycles. The molecule has 154 valence electrons. The van der Waals surface area contributed by atoms with Gasteiger partial charge in [-0.05, 0) is 36.2 Å². The van der Waals surface area contributed by atoms with Crippen molar-refractivity contribution in [3.63, 3.8) is 0 Å². The highest BCUT2D eigenvalue weighted by atomic mass is 16.3. The Balaban J connectivity index is 1.34. The lowest BCUT2D eigenvalue weighted by Crippen LogP contribution is -2.29. The van der Waals surface area contributed by atoms with Crippen molar-refractivity contribution in [3.05, 3.63) is 102 Å². The number of hydrogen-bond donors (Lipinski definition) is 1. The number of carbonyl (C=O) groups is 2. The normalized spacial score (nSPS) is 15.9. The van der Waals surface area contributed by atoms with E-state index in [0.717, 1.165) is 11.8 Å². The molecule has 1 atom stereocenters. The molecule has 5 heteroatoms. The van der Waals surface area contributed by atoms with Crippen molar-refractivity contribution in [3.8, 4) is 0 Å². The smallest absolute Gasteiger partial charge is 0.291 e. The fourth-order valence-corrected chi connectivity index (χ4v) is 4.17. The molecule has 1 unspecified atom stereocenters. The Bertz CT molecular complexity index is 1210. The number of rotatable bonds is 4. The van der Waals surface area contributed by atoms with Crippen LogP contribution in [0.5, 0.6) is 0 Å². The van der Waals surface area contributed by atoms with Crippen molar-refractivity contribution in [1.29, 1.82) is 0 Å². The van der Waals surface area contributed by atoms with Crippen LogP contribution in [-0.4, -0.2) is 29.8 Å². The quantitative estimate of drug-likeness (QED) is 0.496. The van der Waals surface area contributed by atoms with E-state index in [9.17, 15) is 9.59 Å². The van der Waals surface area contributed by atoms with Gasteiger partial charge in [0.2, 0.25) is 0 Å². The van der Waals surface area contributed by atoms with Gasteiger partial charge >= 0.3 is 0 Å². The van der Waals surface area contributed by atoms with Crippen molar-refractivity contribution < 1.29 is 14.0 Å². The van der Waals surface area contributed by atoms with Crippen LogP contribution in [0.15, 0.2) is 89.3 Å². The first-order valence-corrected chi connectivity index (χ1v) is 10.4. The van der Waals surface area contributed by atoms with Gasteiger partial charge in [0, 0.05) is 24.4 Å². The Hall–Kier alpha value is -3.86. The van der Waals surface area contributed by atoms with Gasteiger partial charge in [-0.15, -0.1) is 0 Å². The van der Waals surface area contributed by atoms with E-state index in [2.05, 4.69) is 17.4 Å². The highest BCUT2D eigenvalue weighted by molar-refractivity contribution is 6.09. The van der Waals surface area contributed by atoms with Crippen molar-refractivity contribution in [2.75, 3.05) is 18.4 Å². The highest BCUT2D eigenvalue weighted by Gasteiger charge is 2.29. The molecular formula is C26H22N2O3. The molecular weight excluding hydrogens is 388 g/mol. The minimum atomic E-state index is -0.375. The molecule has 1 saturated heterocycles. The minimum Gasteiger partial charge on any atom is -0.451 e. The van der Waals surface area contributed by atoms with E-state index in [1.165, 1.54) is 5.56 Å². The van der Waals surface area contributed by atoms with Crippen LogP contribution in [0.2, 0.25) is 0 Å². The molecule has 3 aromatic carbocycles. The molecule has 0 aliphatic carbocycles. The molecule has 2 heterocycles. The zero-order chi connectivity index (χ0) is 21.2. The van der Waals surface area contributed by atoms with Gasteiger partial charge in [-0.25, -0.2) is 0 Å². The Kier molecular flexibility index (Phi) is 5.00. The summed E-state index contributed by atoms with van der Waals surface area (Å²) in [7, 11) is 0. The highest BCUT2D eigenvalue weighted by Crippen LogP contribution is 2.29. The van der Waals surface area contributed by atoms with Gasteiger partial charge in [0.05, 0.1) is 11.3 Å². The fraction of sp³-hybridized carbons (Fsp3) is 0.154. The Morgan fingerprint density at radius 2 is 1.65 bits per heavy atom. The maximum atomic E-state index is 13.3. The first kappa shape index (κ1) is 19.1. The number of anilines is 1. The molecule has 4 aromatic rings. The van der Waals surface area contributed by atoms with E-state index in [-0.39, 0.29) is 17.6 Å². The first-order chi connectivity index (χ1) is 15.2. The van der Waals surface area contributed by atoms with Gasteiger partial charge in [-0.2, -0.15) is 0 Å². The number of hydrogen-bond acceptors (Lipinski definition) is 3. The van der Waals surface area contributed by atoms with Crippen LogP contribution in [0.25, 0.3) is 11.0 Å². The van der Waals surface area contributed by atoms with Gasteiger partial charge in [-0.3, -0.25) is 9.59 Å². The molecule has 0 saturated carbocycles. The number of furan rings is 1. The molecule has 0 radical (unpaired) electrons. The number of carbonyl (C=O) groups excluding carboxylic acids is 2. The third kappa shape index (κ3) is 3.82. The molecule has 5 nitrogen and oxygen atoms in total. The number of nitrogens with one attached hydrogen (secondary N) is 1. The van der Waals surface area contributed by atoms with Crippen LogP contribution in [0, 0.1) is 0 Å². The van der Waals surface area contributed by atoms with Gasteiger partial charge in [0.25, 0.3) is 11.8 Å². The number of likely N-dealkylation sites (tertiary alicyclic amines) is 1. The second-order valence-corrected chi connectivity index (χ2v) is 7.80. The van der Waals surface area contributed by atoms with Crippen LogP contribution in [0.1, 0.15) is 38.8 Å². The van der Waals surface area contributed by atoms with Crippen molar-refractivity contribution in [2.24, 2.45) is 0 Å². The van der Waals surface area contributed by atoms with Gasteiger partial charge in [0.15, 0.2) is 5.76 Å². The van der Waals surface area contributed by atoms with E-state index < -0.39 is 0 Å². The monoisotopic (exact) mass is 410 g/mol. The van der Waals surface area contributed by atoms with Crippen LogP contribution in [0.3, 0.4) is 0 Å². The molecule has 1 N–H and O–H groups in total. The molecule has 31 heavy (non-hydrogen) atoms. The summed E-state index contributed by atoms with van der Waals surface area (Å²) in [5, 5.41) is 3.72. The third-order valence-corrected chi connectivity index (χ3v) is 5.80. The van der Waals surface area contributed by atoms with Crippen molar-refractivity contribution in [2.45, 2.75) is 12.3 Å². The maximum Gasteiger partial charge on any atom is 0.291 e. The molecule has 1 aliphatic rings. The summed E-state index contributed by atoms with van der Waals surface area (Å²) in [5.74, 6) is 0.107. The van der Waals surface area contributed by atoms with Gasteiger partial charge in [0.1, 0.15) is 5.58 Å². The average molecular weight is 410 g/mol. The SMILES string of the molecule is O=C(Nc1ccccc1C(=O)N1CCC(c2ccccc2)C1)c1cc2ccccc2o1. The Morgan fingerprint density at radius 3 is 2.48 bits per heavy atom. The predicted molar refractivity (Wildman–Crippen MR) is 120 cm³/mol. The van der Waals surface area contributed by atoms with Gasteiger partial charge < -0.3 is 14.6 Å². The second-order valence-electron chi connectivity index (χ2n) is 7.80. The molecule has 0 bridgehead atoms. The van der Waals surface area contributed by atoms with Crippen LogP contribution >= 0.6 is 0 Å². The third-order valence-electron chi connectivity index (χ3n) is 5.80. The second kappa shape index (κ2) is 8.11. The summed E-state index contributed by atoms with van der Waals surface area (Å²) in [5.41, 5.74) is 2.88. The summed E-state index contributed by atoms with van der Waals surface area (Å²) < 4.78 is 5.66. The summed E-state index contributed by atoms with van der Waals surface area (Å²) >= 11 is 0. The van der Waals surface area contributed by atoms with E-state index in [1.54, 1.807) is 18.2 Å². The van der Waals surface area contributed by atoms with E-state index in [4.69, 9.17) is 4.42 Å². The van der Waals surface area contributed by atoms with Crippen LogP contribution in [-0.2, 0) is 0 Å². The number of benzene rings is 3. The Labute approximate surface area is 180 Å². The lowest BCUT2D eigenvalue weighted by atomic mass is 9.99. The lowest BCUT2D eigenvalue weighted by molar-refractivity contribution is 0.0792. The van der Waals surface area contributed by atoms with Crippen LogP contribution in [0.4, 0.5) is 5.69 Å². The zero-order valence-electron chi connectivity index (χ0n) is 17.0. The minimum absolute atomic E-state index is 0.0704. The van der Waals surface area contributed by atoms with Gasteiger partial charge in [-0.1, -0.05) is 60.7 Å². The van der Waals surface area contributed by atoms with E-state index >= 15 is 0 Å².